The second kappa shape index (κ2) is 5.92. The predicted octanol–water partition coefficient (Wildman–Crippen LogP) is 3.24. The summed E-state index contributed by atoms with van der Waals surface area (Å²) in [5.41, 5.74) is 2.98. The summed E-state index contributed by atoms with van der Waals surface area (Å²) in [6.07, 6.45) is 0. The van der Waals surface area contributed by atoms with Crippen LogP contribution in [0.4, 0.5) is 0 Å². The lowest BCUT2D eigenvalue weighted by atomic mass is 9.80. The van der Waals surface area contributed by atoms with Gasteiger partial charge >= 0.3 is 11.9 Å². The van der Waals surface area contributed by atoms with Gasteiger partial charge in [-0.3, -0.25) is 9.59 Å². The number of amides is 1. The Morgan fingerprint density at radius 2 is 1.75 bits per heavy atom. The highest BCUT2D eigenvalue weighted by Crippen LogP contribution is 2.35. The first-order valence-corrected chi connectivity index (χ1v) is 7.85. The second-order valence-corrected chi connectivity index (χ2v) is 7.97. The van der Waals surface area contributed by atoms with Gasteiger partial charge < -0.3 is 14.8 Å². The maximum atomic E-state index is 12.0. The lowest BCUT2D eigenvalue weighted by Gasteiger charge is -2.24. The van der Waals surface area contributed by atoms with E-state index in [4.69, 9.17) is 9.52 Å². The van der Waals surface area contributed by atoms with Crippen LogP contribution < -0.4 is 5.32 Å². The van der Waals surface area contributed by atoms with Crippen LogP contribution in [0.3, 0.4) is 0 Å². The van der Waals surface area contributed by atoms with Crippen LogP contribution >= 0.6 is 0 Å². The second-order valence-electron chi connectivity index (χ2n) is 7.97. The van der Waals surface area contributed by atoms with E-state index in [1.807, 2.05) is 6.07 Å². The number of aliphatic carboxylic acids is 1. The Labute approximate surface area is 141 Å². The molecular weight excluding hydrogens is 308 g/mol. The largest absolute Gasteiger partial charge is 0.480 e. The third kappa shape index (κ3) is 3.75. The van der Waals surface area contributed by atoms with Crippen LogP contribution in [0.15, 0.2) is 16.5 Å². The Morgan fingerprint density at radius 3 is 2.25 bits per heavy atom. The van der Waals surface area contributed by atoms with Crippen LogP contribution in [0.5, 0.6) is 0 Å². The van der Waals surface area contributed by atoms with Crippen molar-refractivity contribution in [3.63, 3.8) is 0 Å². The van der Waals surface area contributed by atoms with E-state index in [2.05, 4.69) is 57.9 Å². The van der Waals surface area contributed by atoms with Gasteiger partial charge in [0.15, 0.2) is 5.58 Å². The molecule has 130 valence electrons. The van der Waals surface area contributed by atoms with Gasteiger partial charge in [-0.2, -0.15) is 0 Å². The van der Waals surface area contributed by atoms with E-state index < -0.39 is 18.4 Å². The number of hydrogen-bond acceptors (Lipinski definition) is 4. The van der Waals surface area contributed by atoms with Gasteiger partial charge in [0.05, 0.1) is 0 Å². The molecule has 0 saturated heterocycles. The maximum absolute atomic E-state index is 12.0. The molecule has 1 aromatic carbocycles. The summed E-state index contributed by atoms with van der Waals surface area (Å²) in [4.78, 5) is 26.9. The molecule has 0 radical (unpaired) electrons. The molecule has 0 fully saturated rings. The summed E-state index contributed by atoms with van der Waals surface area (Å²) in [5.74, 6) is -1.88. The van der Waals surface area contributed by atoms with Crippen molar-refractivity contribution in [1.82, 2.24) is 10.3 Å². The highest BCUT2D eigenvalue weighted by atomic mass is 16.4. The van der Waals surface area contributed by atoms with Crippen LogP contribution in [0.1, 0.15) is 63.4 Å². The van der Waals surface area contributed by atoms with Crippen LogP contribution in [-0.4, -0.2) is 28.5 Å². The Morgan fingerprint density at radius 1 is 1.12 bits per heavy atom. The first-order chi connectivity index (χ1) is 10.9. The molecule has 2 N–H and O–H groups in total. The molecule has 2 aromatic rings. The quantitative estimate of drug-likeness (QED) is 0.900. The monoisotopic (exact) mass is 332 g/mol. The van der Waals surface area contributed by atoms with E-state index in [0.717, 1.165) is 11.1 Å². The Hall–Kier alpha value is -2.37. The minimum absolute atomic E-state index is 0.0706. The van der Waals surface area contributed by atoms with E-state index in [1.54, 1.807) is 0 Å². The third-order valence-electron chi connectivity index (χ3n) is 3.76. The van der Waals surface area contributed by atoms with E-state index in [1.165, 1.54) is 0 Å². The van der Waals surface area contributed by atoms with Gasteiger partial charge in [-0.05, 0) is 22.5 Å². The molecular formula is C18H24N2O4. The summed E-state index contributed by atoms with van der Waals surface area (Å²) in [6, 6.07) is 4.01. The predicted molar refractivity (Wildman–Crippen MR) is 91.4 cm³/mol. The first kappa shape index (κ1) is 18.0. The van der Waals surface area contributed by atoms with Crippen molar-refractivity contribution in [2.75, 3.05) is 6.54 Å². The molecule has 0 aliphatic carbocycles. The number of nitrogens with zero attached hydrogens (tertiary/aromatic N) is 1. The molecule has 1 heterocycles. The molecule has 24 heavy (non-hydrogen) atoms. The van der Waals surface area contributed by atoms with E-state index in [-0.39, 0.29) is 16.7 Å². The SMILES string of the molecule is CC(C)(C)c1cc(C(C)(C)C)c2oc(C(=O)NCC(=O)O)nc2c1. The Bertz CT molecular complexity index is 792. The van der Waals surface area contributed by atoms with Crippen molar-refractivity contribution < 1.29 is 19.1 Å². The van der Waals surface area contributed by atoms with Crippen LogP contribution in [-0.2, 0) is 15.6 Å². The summed E-state index contributed by atoms with van der Waals surface area (Å²) >= 11 is 0. The van der Waals surface area contributed by atoms with Crippen molar-refractivity contribution >= 4 is 23.0 Å². The number of fused-ring (bicyclic) bond motifs is 1. The van der Waals surface area contributed by atoms with Gasteiger partial charge in [-0.25, -0.2) is 4.98 Å². The molecule has 0 aliphatic rings. The zero-order valence-corrected chi connectivity index (χ0v) is 15.0. The van der Waals surface area contributed by atoms with Crippen molar-refractivity contribution in [3.05, 3.63) is 29.2 Å². The normalized spacial score (nSPS) is 12.4. The van der Waals surface area contributed by atoms with Gasteiger partial charge in [0.1, 0.15) is 12.1 Å². The lowest BCUT2D eigenvalue weighted by molar-refractivity contribution is -0.135. The van der Waals surface area contributed by atoms with Crippen molar-refractivity contribution in [3.8, 4) is 0 Å². The highest BCUT2D eigenvalue weighted by molar-refractivity contribution is 5.94. The molecule has 0 unspecified atom stereocenters. The van der Waals surface area contributed by atoms with Crippen molar-refractivity contribution in [2.45, 2.75) is 52.4 Å². The molecule has 1 aromatic heterocycles. The number of carboxylic acids is 1. The number of nitrogens with one attached hydrogen (secondary N) is 1. The van der Waals surface area contributed by atoms with E-state index >= 15 is 0 Å². The lowest BCUT2D eigenvalue weighted by Crippen LogP contribution is -2.29. The minimum atomic E-state index is -1.12. The molecule has 0 bridgehead atoms. The van der Waals surface area contributed by atoms with Crippen molar-refractivity contribution in [1.29, 1.82) is 0 Å². The van der Waals surface area contributed by atoms with Crippen LogP contribution in [0, 0.1) is 0 Å². The summed E-state index contributed by atoms with van der Waals surface area (Å²) in [6.45, 7) is 12.1. The summed E-state index contributed by atoms with van der Waals surface area (Å²) in [5, 5.41) is 10.9. The molecule has 0 atom stereocenters. The Kier molecular flexibility index (Phi) is 4.44. The van der Waals surface area contributed by atoms with E-state index in [0.29, 0.717) is 11.1 Å². The van der Waals surface area contributed by atoms with E-state index in [9.17, 15) is 9.59 Å². The van der Waals surface area contributed by atoms with Gasteiger partial charge in [0.2, 0.25) is 0 Å². The molecule has 1 amide bonds. The highest BCUT2D eigenvalue weighted by Gasteiger charge is 2.26. The maximum Gasteiger partial charge on any atom is 0.322 e. The molecule has 2 rings (SSSR count). The summed E-state index contributed by atoms with van der Waals surface area (Å²) < 4.78 is 5.67. The number of aromatic nitrogens is 1. The fraction of sp³-hybridized carbons (Fsp3) is 0.500. The Balaban J connectivity index is 2.58. The minimum Gasteiger partial charge on any atom is -0.480 e. The average Bonchev–Trinajstić information content (AvgIpc) is 2.85. The molecule has 0 saturated carbocycles. The molecule has 0 aliphatic heterocycles. The zero-order valence-electron chi connectivity index (χ0n) is 15.0. The first-order valence-electron chi connectivity index (χ1n) is 7.85. The van der Waals surface area contributed by atoms with Crippen molar-refractivity contribution in [2.24, 2.45) is 0 Å². The number of carboxylic acid groups (broad SMARTS) is 1. The van der Waals surface area contributed by atoms with Crippen LogP contribution in [0.2, 0.25) is 0 Å². The zero-order chi connectivity index (χ0) is 18.3. The standard InChI is InChI=1S/C18H24N2O4/c1-17(2,3)10-7-11(18(4,5)6)14-12(8-10)20-16(24-14)15(23)19-9-13(21)22/h7-8H,9H2,1-6H3,(H,19,23)(H,21,22). The number of oxazole rings is 1. The average molecular weight is 332 g/mol. The van der Waals surface area contributed by atoms with Gasteiger partial charge in [-0.15, -0.1) is 0 Å². The third-order valence-corrected chi connectivity index (χ3v) is 3.76. The molecule has 0 spiro atoms. The fourth-order valence-electron chi connectivity index (χ4n) is 2.35. The molecule has 6 nitrogen and oxygen atoms in total. The smallest absolute Gasteiger partial charge is 0.322 e. The number of carbonyl (C=O) groups is 2. The number of benzene rings is 1. The van der Waals surface area contributed by atoms with Gasteiger partial charge in [-0.1, -0.05) is 47.6 Å². The van der Waals surface area contributed by atoms with Gasteiger partial charge in [0, 0.05) is 5.56 Å². The van der Waals surface area contributed by atoms with Crippen LogP contribution in [0.25, 0.3) is 11.1 Å². The number of rotatable bonds is 3. The summed E-state index contributed by atoms with van der Waals surface area (Å²) in [7, 11) is 0. The number of carbonyl (C=O) groups excluding carboxylic acids is 1. The topological polar surface area (TPSA) is 92.4 Å². The fourth-order valence-corrected chi connectivity index (χ4v) is 2.35. The molecule has 6 heteroatoms. The van der Waals surface area contributed by atoms with Gasteiger partial charge in [0.25, 0.3) is 5.89 Å². The number of hydrogen-bond donors (Lipinski definition) is 2.